The van der Waals surface area contributed by atoms with E-state index < -0.39 is 0 Å². The molecule has 0 aliphatic carbocycles. The molecule has 2 amide bonds. The Balaban J connectivity index is 1.72. The van der Waals surface area contributed by atoms with Crippen LogP contribution in [0, 0.1) is 6.92 Å². The minimum absolute atomic E-state index is 0.0643. The Morgan fingerprint density at radius 3 is 3.00 bits per heavy atom. The summed E-state index contributed by atoms with van der Waals surface area (Å²) in [6.07, 6.45) is 5.95. The monoisotopic (exact) mass is 370 g/mol. The summed E-state index contributed by atoms with van der Waals surface area (Å²) >= 11 is 0. The number of nitrogens with one attached hydrogen (secondary N) is 1. The molecule has 1 aromatic carbocycles. The second-order valence-corrected chi connectivity index (χ2v) is 7.58. The molecule has 3 rings (SSSR count). The number of imidazole rings is 1. The van der Waals surface area contributed by atoms with Crippen molar-refractivity contribution in [1.82, 2.24) is 19.8 Å². The van der Waals surface area contributed by atoms with Crippen LogP contribution in [0.2, 0.25) is 0 Å². The number of hydrogen-bond acceptors (Lipinski definition) is 3. The van der Waals surface area contributed by atoms with Crippen molar-refractivity contribution in [1.29, 1.82) is 0 Å². The van der Waals surface area contributed by atoms with Crippen LogP contribution in [-0.2, 0) is 17.8 Å². The molecule has 1 N–H and O–H groups in total. The zero-order valence-corrected chi connectivity index (χ0v) is 16.5. The summed E-state index contributed by atoms with van der Waals surface area (Å²) in [5.74, 6) is 0.883. The molecule has 27 heavy (non-hydrogen) atoms. The molecule has 2 heterocycles. The van der Waals surface area contributed by atoms with E-state index in [4.69, 9.17) is 4.74 Å². The molecule has 1 unspecified atom stereocenters. The molecular formula is C21H30N4O2. The largest absolute Gasteiger partial charge is 0.376 e. The number of carbonyl (C=O) groups is 1. The molecule has 1 atom stereocenters. The van der Waals surface area contributed by atoms with Gasteiger partial charge in [-0.1, -0.05) is 29.8 Å². The molecule has 1 aliphatic rings. The lowest BCUT2D eigenvalue weighted by Gasteiger charge is -2.26. The molecule has 146 valence electrons. The number of amides is 2. The maximum absolute atomic E-state index is 12.7. The summed E-state index contributed by atoms with van der Waals surface area (Å²) in [5, 5.41) is 3.00. The van der Waals surface area contributed by atoms with E-state index in [1.54, 1.807) is 6.20 Å². The predicted octanol–water partition coefficient (Wildman–Crippen LogP) is 3.34. The second-order valence-electron chi connectivity index (χ2n) is 7.58. The molecule has 2 aromatic rings. The lowest BCUT2D eigenvalue weighted by molar-refractivity contribution is 0.0782. The Labute approximate surface area is 161 Å². The standard InChI is InChI=1S/C21H30N4O2/c1-16(2)23-21(26)25(14-19-8-5-11-27-19)15-20-22-9-10-24(20)13-18-7-4-6-17(3)12-18/h4,6-7,9-10,12,16,19H,5,8,11,13-15H2,1-3H3,(H,23,26). The number of rotatable bonds is 7. The highest BCUT2D eigenvalue weighted by Gasteiger charge is 2.24. The number of hydrogen-bond donors (Lipinski definition) is 1. The zero-order chi connectivity index (χ0) is 19.2. The molecule has 1 aliphatic heterocycles. The summed E-state index contributed by atoms with van der Waals surface area (Å²) in [6, 6.07) is 8.49. The van der Waals surface area contributed by atoms with E-state index in [1.807, 2.05) is 24.9 Å². The highest BCUT2D eigenvalue weighted by Crippen LogP contribution is 2.16. The molecule has 1 aromatic heterocycles. The van der Waals surface area contributed by atoms with E-state index in [-0.39, 0.29) is 18.2 Å². The summed E-state index contributed by atoms with van der Waals surface area (Å²) in [6.45, 7) is 8.63. The van der Waals surface area contributed by atoms with Crippen molar-refractivity contribution in [2.45, 2.75) is 58.8 Å². The van der Waals surface area contributed by atoms with Gasteiger partial charge in [0.2, 0.25) is 0 Å². The van der Waals surface area contributed by atoms with Crippen LogP contribution in [0.1, 0.15) is 43.6 Å². The number of nitrogens with zero attached hydrogens (tertiary/aromatic N) is 3. The van der Waals surface area contributed by atoms with Gasteiger partial charge >= 0.3 is 6.03 Å². The number of urea groups is 1. The lowest BCUT2D eigenvalue weighted by Crippen LogP contribution is -2.46. The van der Waals surface area contributed by atoms with E-state index >= 15 is 0 Å². The smallest absolute Gasteiger partial charge is 0.318 e. The SMILES string of the molecule is Cc1cccc(Cn2ccnc2CN(CC2CCCO2)C(=O)NC(C)C)c1. The van der Waals surface area contributed by atoms with Gasteiger partial charge in [0.1, 0.15) is 5.82 Å². The topological polar surface area (TPSA) is 59.4 Å². The first-order valence-electron chi connectivity index (χ1n) is 9.74. The molecule has 0 bridgehead atoms. The molecule has 0 spiro atoms. The molecule has 1 fully saturated rings. The highest BCUT2D eigenvalue weighted by atomic mass is 16.5. The molecule has 1 saturated heterocycles. The van der Waals surface area contributed by atoms with Crippen molar-refractivity contribution < 1.29 is 9.53 Å². The van der Waals surface area contributed by atoms with Crippen LogP contribution in [0.25, 0.3) is 0 Å². The zero-order valence-electron chi connectivity index (χ0n) is 16.5. The fraction of sp³-hybridized carbons (Fsp3) is 0.524. The Kier molecular flexibility index (Phi) is 6.50. The fourth-order valence-corrected chi connectivity index (χ4v) is 3.41. The fourth-order valence-electron chi connectivity index (χ4n) is 3.41. The van der Waals surface area contributed by atoms with Gasteiger partial charge in [-0.05, 0) is 39.2 Å². The van der Waals surface area contributed by atoms with Gasteiger partial charge in [0.25, 0.3) is 0 Å². The van der Waals surface area contributed by atoms with Gasteiger partial charge in [0, 0.05) is 38.1 Å². The van der Waals surface area contributed by atoms with Crippen LogP contribution in [0.5, 0.6) is 0 Å². The predicted molar refractivity (Wildman–Crippen MR) is 106 cm³/mol. The summed E-state index contributed by atoms with van der Waals surface area (Å²) in [7, 11) is 0. The average molecular weight is 370 g/mol. The van der Waals surface area contributed by atoms with E-state index in [0.29, 0.717) is 13.1 Å². The number of carbonyl (C=O) groups excluding carboxylic acids is 1. The number of aromatic nitrogens is 2. The van der Waals surface area contributed by atoms with Gasteiger partial charge in [-0.3, -0.25) is 0 Å². The number of benzene rings is 1. The van der Waals surface area contributed by atoms with Crippen molar-refractivity contribution in [3.8, 4) is 0 Å². The Bertz CT molecular complexity index is 750. The van der Waals surface area contributed by atoms with Crippen molar-refractivity contribution in [3.63, 3.8) is 0 Å². The van der Waals surface area contributed by atoms with E-state index in [9.17, 15) is 4.79 Å². The first kappa shape index (κ1) is 19.4. The van der Waals surface area contributed by atoms with Gasteiger partial charge in [-0.25, -0.2) is 9.78 Å². The average Bonchev–Trinajstić information content (AvgIpc) is 3.26. The number of ether oxygens (including phenoxy) is 1. The Hall–Kier alpha value is -2.34. The molecule has 0 saturated carbocycles. The Morgan fingerprint density at radius 1 is 1.44 bits per heavy atom. The van der Waals surface area contributed by atoms with E-state index in [2.05, 4.69) is 46.1 Å². The van der Waals surface area contributed by atoms with Crippen LogP contribution in [0.4, 0.5) is 4.79 Å². The molecule has 6 heteroatoms. The van der Waals surface area contributed by atoms with Gasteiger partial charge in [0.15, 0.2) is 0 Å². The van der Waals surface area contributed by atoms with Crippen molar-refractivity contribution in [2.75, 3.05) is 13.2 Å². The van der Waals surface area contributed by atoms with E-state index in [1.165, 1.54) is 11.1 Å². The van der Waals surface area contributed by atoms with Crippen molar-refractivity contribution in [3.05, 3.63) is 53.6 Å². The van der Waals surface area contributed by atoms with E-state index in [0.717, 1.165) is 31.8 Å². The summed E-state index contributed by atoms with van der Waals surface area (Å²) < 4.78 is 7.86. The second kappa shape index (κ2) is 9.04. The Morgan fingerprint density at radius 2 is 2.30 bits per heavy atom. The maximum Gasteiger partial charge on any atom is 0.318 e. The minimum atomic E-state index is -0.0643. The third kappa shape index (κ3) is 5.57. The first-order chi connectivity index (χ1) is 13.0. The maximum atomic E-state index is 12.7. The highest BCUT2D eigenvalue weighted by molar-refractivity contribution is 5.74. The van der Waals surface area contributed by atoms with Crippen LogP contribution < -0.4 is 5.32 Å². The van der Waals surface area contributed by atoms with Gasteiger partial charge in [0.05, 0.1) is 12.6 Å². The third-order valence-electron chi connectivity index (χ3n) is 4.72. The van der Waals surface area contributed by atoms with Crippen LogP contribution in [0.3, 0.4) is 0 Å². The number of aryl methyl sites for hydroxylation is 1. The summed E-state index contributed by atoms with van der Waals surface area (Å²) in [4.78, 5) is 19.0. The van der Waals surface area contributed by atoms with Gasteiger partial charge < -0.3 is 19.5 Å². The minimum Gasteiger partial charge on any atom is -0.376 e. The van der Waals surface area contributed by atoms with Crippen LogP contribution in [0.15, 0.2) is 36.7 Å². The molecule has 0 radical (unpaired) electrons. The van der Waals surface area contributed by atoms with Crippen molar-refractivity contribution >= 4 is 6.03 Å². The van der Waals surface area contributed by atoms with Crippen LogP contribution in [-0.4, -0.2) is 45.8 Å². The van der Waals surface area contributed by atoms with Gasteiger partial charge in [-0.2, -0.15) is 0 Å². The summed E-state index contributed by atoms with van der Waals surface area (Å²) in [5.41, 5.74) is 2.47. The quantitative estimate of drug-likeness (QED) is 0.813. The third-order valence-corrected chi connectivity index (χ3v) is 4.72. The molecule has 6 nitrogen and oxygen atoms in total. The normalized spacial score (nSPS) is 16.7. The van der Waals surface area contributed by atoms with Gasteiger partial charge in [-0.15, -0.1) is 0 Å². The van der Waals surface area contributed by atoms with Crippen LogP contribution >= 0.6 is 0 Å². The lowest BCUT2D eigenvalue weighted by atomic mass is 10.1. The van der Waals surface area contributed by atoms with Crippen molar-refractivity contribution in [2.24, 2.45) is 0 Å². The molecular weight excluding hydrogens is 340 g/mol. The first-order valence-corrected chi connectivity index (χ1v) is 9.74.